The highest BCUT2D eigenvalue weighted by Gasteiger charge is 2.40. The molecule has 7 heteroatoms. The quantitative estimate of drug-likeness (QED) is 0.367. The molecule has 1 unspecified atom stereocenters. The van der Waals surface area contributed by atoms with Gasteiger partial charge in [0, 0.05) is 47.6 Å². The molecule has 3 nitrogen and oxygen atoms in total. The van der Waals surface area contributed by atoms with Gasteiger partial charge < -0.3 is 5.32 Å². The molecule has 0 bridgehead atoms. The van der Waals surface area contributed by atoms with E-state index in [1.807, 2.05) is 48.5 Å². The summed E-state index contributed by atoms with van der Waals surface area (Å²) in [5.74, 6) is -1.14. The Morgan fingerprint density at radius 2 is 1.37 bits per heavy atom. The fourth-order valence-corrected chi connectivity index (χ4v) is 5.22. The number of amides is 1. The lowest BCUT2D eigenvalue weighted by Gasteiger charge is -2.48. The molecule has 1 N–H and O–H groups in total. The third kappa shape index (κ3) is 5.69. The molecule has 1 aliphatic carbocycles. The first-order valence-corrected chi connectivity index (χ1v) is 12.6. The van der Waals surface area contributed by atoms with Gasteiger partial charge in [0.2, 0.25) is 5.91 Å². The molecule has 182 valence electrons. The van der Waals surface area contributed by atoms with Crippen molar-refractivity contribution >= 4 is 29.1 Å². The molecule has 2 aliphatic rings. The van der Waals surface area contributed by atoms with Crippen molar-refractivity contribution in [1.29, 1.82) is 0 Å². The van der Waals surface area contributed by atoms with Crippen molar-refractivity contribution in [3.05, 3.63) is 105 Å². The van der Waals surface area contributed by atoms with Crippen LogP contribution in [0.2, 0.25) is 10.0 Å². The summed E-state index contributed by atoms with van der Waals surface area (Å²) >= 11 is 12.3. The normalized spacial score (nSPS) is 17.3. The van der Waals surface area contributed by atoms with Crippen LogP contribution in [-0.4, -0.2) is 30.4 Å². The van der Waals surface area contributed by atoms with E-state index >= 15 is 0 Å². The zero-order valence-corrected chi connectivity index (χ0v) is 20.6. The van der Waals surface area contributed by atoms with E-state index in [9.17, 15) is 13.6 Å². The Morgan fingerprint density at radius 3 is 1.86 bits per heavy atom. The van der Waals surface area contributed by atoms with Crippen LogP contribution in [0.5, 0.6) is 0 Å². The molecule has 1 amide bonds. The highest BCUT2D eigenvalue weighted by molar-refractivity contribution is 6.30. The van der Waals surface area contributed by atoms with Gasteiger partial charge in [0.05, 0.1) is 6.04 Å². The minimum atomic E-state index is -0.602. The molecule has 0 radical (unpaired) electrons. The van der Waals surface area contributed by atoms with Crippen molar-refractivity contribution in [2.24, 2.45) is 11.8 Å². The van der Waals surface area contributed by atoms with Crippen LogP contribution in [0.1, 0.15) is 41.5 Å². The van der Waals surface area contributed by atoms with Gasteiger partial charge in [-0.2, -0.15) is 0 Å². The van der Waals surface area contributed by atoms with Crippen LogP contribution >= 0.6 is 23.2 Å². The van der Waals surface area contributed by atoms with E-state index in [1.165, 1.54) is 12.1 Å². The van der Waals surface area contributed by atoms with Crippen LogP contribution in [0.4, 0.5) is 8.78 Å². The Labute approximate surface area is 214 Å². The molecule has 3 aromatic carbocycles. The first-order valence-electron chi connectivity index (χ1n) is 11.9. The van der Waals surface area contributed by atoms with Gasteiger partial charge in [0.1, 0.15) is 11.6 Å². The maximum Gasteiger partial charge on any atom is 0.223 e. The van der Waals surface area contributed by atoms with E-state index in [2.05, 4.69) is 10.2 Å². The van der Waals surface area contributed by atoms with E-state index in [0.717, 1.165) is 43.1 Å². The van der Waals surface area contributed by atoms with Crippen molar-refractivity contribution in [1.82, 2.24) is 10.2 Å². The summed E-state index contributed by atoms with van der Waals surface area (Å²) in [6.45, 7) is 1.80. The number of hydrogen-bond donors (Lipinski definition) is 1. The van der Waals surface area contributed by atoms with Gasteiger partial charge in [0.25, 0.3) is 0 Å². The number of rotatable bonds is 8. The number of benzene rings is 3. The second-order valence-corrected chi connectivity index (χ2v) is 10.4. The van der Waals surface area contributed by atoms with Crippen molar-refractivity contribution in [2.75, 3.05) is 19.6 Å². The summed E-state index contributed by atoms with van der Waals surface area (Å²) in [4.78, 5) is 14.6. The average Bonchev–Trinajstić information content (AvgIpc) is 3.64. The predicted molar refractivity (Wildman–Crippen MR) is 135 cm³/mol. The summed E-state index contributed by atoms with van der Waals surface area (Å²) in [5.41, 5.74) is 2.79. The summed E-state index contributed by atoms with van der Waals surface area (Å²) in [7, 11) is 0. The van der Waals surface area contributed by atoms with Gasteiger partial charge in [0.15, 0.2) is 0 Å². The van der Waals surface area contributed by atoms with Gasteiger partial charge in [-0.25, -0.2) is 8.78 Å². The Balaban J connectivity index is 1.38. The zero-order chi connectivity index (χ0) is 24.5. The molecular formula is C28H26Cl2F2N2O. The highest BCUT2D eigenvalue weighted by atomic mass is 35.5. The number of likely N-dealkylation sites (tertiary alicyclic amines) is 1. The molecule has 3 aromatic rings. The minimum absolute atomic E-state index is 0.00765. The zero-order valence-electron chi connectivity index (χ0n) is 19.1. The largest absolute Gasteiger partial charge is 0.355 e. The van der Waals surface area contributed by atoms with E-state index in [1.54, 1.807) is 0 Å². The fourth-order valence-electron chi connectivity index (χ4n) is 4.96. The van der Waals surface area contributed by atoms with Crippen LogP contribution in [0, 0.1) is 23.5 Å². The number of carbonyl (C=O) groups is 1. The maximum absolute atomic E-state index is 14.1. The number of nitrogens with zero attached hydrogens (tertiary/aromatic N) is 1. The Kier molecular flexibility index (Phi) is 7.10. The maximum atomic E-state index is 14.1. The lowest BCUT2D eigenvalue weighted by atomic mass is 9.79. The summed E-state index contributed by atoms with van der Waals surface area (Å²) in [6, 6.07) is 19.2. The second kappa shape index (κ2) is 10.3. The van der Waals surface area contributed by atoms with Crippen LogP contribution in [0.25, 0.3) is 0 Å². The minimum Gasteiger partial charge on any atom is -0.355 e. The molecule has 1 saturated carbocycles. The predicted octanol–water partition coefficient (Wildman–Crippen LogP) is 6.60. The third-order valence-electron chi connectivity index (χ3n) is 7.00. The van der Waals surface area contributed by atoms with Crippen molar-refractivity contribution in [2.45, 2.75) is 24.8 Å². The van der Waals surface area contributed by atoms with Crippen molar-refractivity contribution in [3.63, 3.8) is 0 Å². The molecule has 0 aromatic heterocycles. The molecular weight excluding hydrogens is 489 g/mol. The standard InChI is InChI=1S/C28H26Cl2F2N2O/c29-22-7-3-17(4-8-22)27(18-5-9-23(30)10-6-18)34-15-21(16-34)26(14-33-28(35)19-1-2-19)20-11-24(31)13-25(32)12-20/h3-13,19,21,26-27H,1-2,14-16H2,(H,33,35). The Hall–Kier alpha value is -2.47. The fraction of sp³-hybridized carbons (Fsp3) is 0.321. The van der Waals surface area contributed by atoms with Gasteiger partial charge in [-0.15, -0.1) is 0 Å². The van der Waals surface area contributed by atoms with Crippen LogP contribution in [-0.2, 0) is 4.79 Å². The lowest BCUT2D eigenvalue weighted by molar-refractivity contribution is -0.122. The van der Waals surface area contributed by atoms with Gasteiger partial charge in [-0.05, 0) is 71.8 Å². The van der Waals surface area contributed by atoms with Crippen molar-refractivity contribution in [3.8, 4) is 0 Å². The number of carbonyl (C=O) groups excluding carboxylic acids is 1. The number of halogens is 4. The summed E-state index contributed by atoms with van der Waals surface area (Å²) in [6.07, 6.45) is 1.82. The molecule has 1 aliphatic heterocycles. The SMILES string of the molecule is O=C(NCC(c1cc(F)cc(F)c1)C1CN(C(c2ccc(Cl)cc2)c2ccc(Cl)cc2)C1)C1CC1. The molecule has 1 heterocycles. The summed E-state index contributed by atoms with van der Waals surface area (Å²) < 4.78 is 28.1. The number of nitrogens with one attached hydrogen (secondary N) is 1. The molecule has 1 atom stereocenters. The van der Waals surface area contributed by atoms with Gasteiger partial charge in [-0.1, -0.05) is 47.5 Å². The van der Waals surface area contributed by atoms with E-state index in [-0.39, 0.29) is 29.7 Å². The molecule has 1 saturated heterocycles. The van der Waals surface area contributed by atoms with E-state index < -0.39 is 11.6 Å². The van der Waals surface area contributed by atoms with Gasteiger partial charge >= 0.3 is 0 Å². The molecule has 5 rings (SSSR count). The van der Waals surface area contributed by atoms with Crippen LogP contribution < -0.4 is 5.32 Å². The highest BCUT2D eigenvalue weighted by Crippen LogP contribution is 2.40. The first-order chi connectivity index (χ1) is 16.9. The van der Waals surface area contributed by atoms with Crippen LogP contribution in [0.15, 0.2) is 66.7 Å². The topological polar surface area (TPSA) is 32.3 Å². The smallest absolute Gasteiger partial charge is 0.223 e. The number of hydrogen-bond acceptors (Lipinski definition) is 2. The Morgan fingerprint density at radius 1 is 0.857 bits per heavy atom. The monoisotopic (exact) mass is 514 g/mol. The van der Waals surface area contributed by atoms with Crippen molar-refractivity contribution < 1.29 is 13.6 Å². The Bertz CT molecular complexity index is 1130. The molecule has 0 spiro atoms. The average molecular weight is 515 g/mol. The molecule has 35 heavy (non-hydrogen) atoms. The van der Waals surface area contributed by atoms with E-state index in [4.69, 9.17) is 23.2 Å². The van der Waals surface area contributed by atoms with E-state index in [0.29, 0.717) is 22.2 Å². The lowest BCUT2D eigenvalue weighted by Crippen LogP contribution is -2.52. The van der Waals surface area contributed by atoms with Crippen LogP contribution in [0.3, 0.4) is 0 Å². The summed E-state index contributed by atoms with van der Waals surface area (Å²) in [5, 5.41) is 4.36. The van der Waals surface area contributed by atoms with Gasteiger partial charge in [-0.3, -0.25) is 9.69 Å². The molecule has 2 fully saturated rings. The third-order valence-corrected chi connectivity index (χ3v) is 7.51. The second-order valence-electron chi connectivity index (χ2n) is 9.55. The first kappa shape index (κ1) is 24.2.